The number of rotatable bonds is 7. The number of benzene rings is 1. The van der Waals surface area contributed by atoms with Gasteiger partial charge in [-0.3, -0.25) is 4.79 Å². The molecule has 7 nitrogen and oxygen atoms in total. The van der Waals surface area contributed by atoms with Crippen molar-refractivity contribution in [2.24, 2.45) is 4.99 Å². The second-order valence-electron chi connectivity index (χ2n) is 7.04. The summed E-state index contributed by atoms with van der Waals surface area (Å²) in [5.74, 6) is 0.141. The molecule has 2 aliphatic rings. The van der Waals surface area contributed by atoms with Gasteiger partial charge in [0.15, 0.2) is 5.17 Å². The maximum atomic E-state index is 12.8. The lowest BCUT2D eigenvalue weighted by atomic mass is 9.93. The van der Waals surface area contributed by atoms with E-state index in [9.17, 15) is 9.59 Å². The van der Waals surface area contributed by atoms with Gasteiger partial charge in [0.2, 0.25) is 5.91 Å². The van der Waals surface area contributed by atoms with Crippen LogP contribution in [0.4, 0.5) is 0 Å². The van der Waals surface area contributed by atoms with Gasteiger partial charge in [-0.05, 0) is 29.5 Å². The van der Waals surface area contributed by atoms with Gasteiger partial charge in [0, 0.05) is 5.70 Å². The van der Waals surface area contributed by atoms with Gasteiger partial charge in [-0.2, -0.15) is 0 Å². The number of ether oxygens (including phenoxy) is 1. The van der Waals surface area contributed by atoms with Crippen LogP contribution in [-0.4, -0.2) is 29.1 Å². The normalized spacial score (nSPS) is 17.7. The number of nitrogens with zero attached hydrogens (tertiary/aromatic N) is 2. The number of nitrogens with one attached hydrogen (secondary N) is 1. The molecule has 4 rings (SSSR count). The second-order valence-corrected chi connectivity index (χ2v) is 7.88. The molecule has 1 amide bonds. The topological polar surface area (TPSA) is 84.1 Å². The Bertz CT molecular complexity index is 1060. The number of hydrogen-bond donors (Lipinski definition) is 1. The number of hydrogen-bond acceptors (Lipinski definition) is 7. The molecule has 1 aromatic heterocycles. The highest BCUT2D eigenvalue weighted by Gasteiger charge is 2.41. The largest absolute Gasteiger partial charge is 0.467 e. The summed E-state index contributed by atoms with van der Waals surface area (Å²) in [4.78, 5) is 32.1. The number of amides is 1. The summed E-state index contributed by atoms with van der Waals surface area (Å²) in [7, 11) is 1.38. The monoisotopic (exact) mass is 437 g/mol. The highest BCUT2D eigenvalue weighted by molar-refractivity contribution is 8.16. The second kappa shape index (κ2) is 9.26. The van der Waals surface area contributed by atoms with Crippen LogP contribution >= 0.6 is 11.8 Å². The van der Waals surface area contributed by atoms with E-state index in [1.807, 2.05) is 53.6 Å². The van der Waals surface area contributed by atoms with E-state index >= 15 is 0 Å². The maximum Gasteiger partial charge on any atom is 0.338 e. The van der Waals surface area contributed by atoms with Crippen molar-refractivity contribution in [3.63, 3.8) is 0 Å². The molecule has 0 saturated carbocycles. The zero-order valence-corrected chi connectivity index (χ0v) is 18.1. The van der Waals surface area contributed by atoms with Crippen LogP contribution in [0.25, 0.3) is 0 Å². The number of esters is 1. The highest BCUT2D eigenvalue weighted by atomic mass is 32.2. The van der Waals surface area contributed by atoms with Crippen LogP contribution in [0.3, 0.4) is 0 Å². The van der Waals surface area contributed by atoms with Crippen LogP contribution in [0, 0.1) is 0 Å². The van der Waals surface area contributed by atoms with Gasteiger partial charge in [-0.25, -0.2) is 9.79 Å². The molecule has 1 aromatic carbocycles. The van der Waals surface area contributed by atoms with Crippen LogP contribution in [0.15, 0.2) is 80.5 Å². The molecule has 2 aromatic rings. The standard InChI is InChI=1S/C23H23N3O4S/c1-3-18-20(22(28)29-2)21(15-8-5-4-6-9-15)26-16(14-31-23(26)25-18)12-19(27)24-13-17-10-7-11-30-17/h4-11,14,21H,3,12-13H2,1-2H3,(H,24,27)/t21-/m0/s1. The highest BCUT2D eigenvalue weighted by Crippen LogP contribution is 2.45. The van der Waals surface area contributed by atoms with Crippen LogP contribution < -0.4 is 5.32 Å². The molecule has 8 heteroatoms. The minimum atomic E-state index is -0.410. The Balaban J connectivity index is 1.63. The van der Waals surface area contributed by atoms with Gasteiger partial charge < -0.3 is 19.4 Å². The Labute approximate surface area is 184 Å². The SMILES string of the molecule is CCC1=C(C(=O)OC)[C@H](c2ccccc2)N2C(CC(=O)NCc3ccco3)=CSC2=N1. The average Bonchev–Trinajstić information content (AvgIpc) is 3.46. The summed E-state index contributed by atoms with van der Waals surface area (Å²) in [6, 6.07) is 12.9. The zero-order valence-electron chi connectivity index (χ0n) is 17.3. The molecule has 0 fully saturated rings. The summed E-state index contributed by atoms with van der Waals surface area (Å²) in [5, 5.41) is 5.56. The number of thioether (sulfide) groups is 1. The fourth-order valence-corrected chi connectivity index (χ4v) is 4.63. The van der Waals surface area contributed by atoms with E-state index in [1.165, 1.54) is 18.9 Å². The van der Waals surface area contributed by atoms with Gasteiger partial charge >= 0.3 is 5.97 Å². The fraction of sp³-hybridized carbons (Fsp3) is 0.261. The van der Waals surface area contributed by atoms with Gasteiger partial charge in [-0.1, -0.05) is 49.0 Å². The molecule has 0 aliphatic carbocycles. The van der Waals surface area contributed by atoms with E-state index in [0.717, 1.165) is 16.4 Å². The first-order chi connectivity index (χ1) is 15.1. The molecule has 1 N–H and O–H groups in total. The number of methoxy groups -OCH3 is 1. The van der Waals surface area contributed by atoms with Crippen molar-refractivity contribution < 1.29 is 18.7 Å². The summed E-state index contributed by atoms with van der Waals surface area (Å²) in [6.45, 7) is 2.29. The van der Waals surface area contributed by atoms with Gasteiger partial charge in [0.25, 0.3) is 0 Å². The molecule has 0 radical (unpaired) electrons. The Morgan fingerprint density at radius 2 is 2.03 bits per heavy atom. The van der Waals surface area contributed by atoms with E-state index in [0.29, 0.717) is 30.0 Å². The van der Waals surface area contributed by atoms with Crippen molar-refractivity contribution in [2.45, 2.75) is 32.4 Å². The molecule has 0 spiro atoms. The smallest absolute Gasteiger partial charge is 0.338 e. The molecule has 31 heavy (non-hydrogen) atoms. The number of carbonyl (C=O) groups is 2. The quantitative estimate of drug-likeness (QED) is 0.656. The maximum absolute atomic E-state index is 12.8. The number of amidine groups is 1. The van der Waals surface area contributed by atoms with Gasteiger partial charge in [0.05, 0.1) is 43.7 Å². The van der Waals surface area contributed by atoms with Gasteiger partial charge in [-0.15, -0.1) is 0 Å². The van der Waals surface area contributed by atoms with E-state index in [2.05, 4.69) is 5.32 Å². The third-order valence-corrected chi connectivity index (χ3v) is 6.01. The predicted octanol–water partition coefficient (Wildman–Crippen LogP) is 4.12. The Morgan fingerprint density at radius 1 is 1.23 bits per heavy atom. The van der Waals surface area contributed by atoms with Crippen molar-refractivity contribution in [2.75, 3.05) is 7.11 Å². The molecule has 1 atom stereocenters. The summed E-state index contributed by atoms with van der Waals surface area (Å²) in [6.07, 6.45) is 2.33. The first-order valence-electron chi connectivity index (χ1n) is 10.0. The average molecular weight is 438 g/mol. The van der Waals surface area contributed by atoms with E-state index in [1.54, 1.807) is 12.3 Å². The van der Waals surface area contributed by atoms with E-state index in [4.69, 9.17) is 14.1 Å². The number of furan rings is 1. The van der Waals surface area contributed by atoms with Gasteiger partial charge in [0.1, 0.15) is 5.76 Å². The van der Waals surface area contributed by atoms with Crippen molar-refractivity contribution >= 4 is 28.8 Å². The van der Waals surface area contributed by atoms with Crippen LogP contribution in [-0.2, 0) is 20.9 Å². The van der Waals surface area contributed by atoms with Crippen molar-refractivity contribution in [3.05, 3.63) is 82.4 Å². The third-order valence-electron chi connectivity index (χ3n) is 5.13. The number of aliphatic imine (C=N–C) groups is 1. The zero-order chi connectivity index (χ0) is 21.8. The van der Waals surface area contributed by atoms with Crippen LogP contribution in [0.1, 0.15) is 37.1 Å². The lowest BCUT2D eigenvalue weighted by Gasteiger charge is -2.36. The van der Waals surface area contributed by atoms with Crippen molar-refractivity contribution in [1.29, 1.82) is 0 Å². The lowest BCUT2D eigenvalue weighted by molar-refractivity contribution is -0.136. The Hall–Kier alpha value is -3.26. The predicted molar refractivity (Wildman–Crippen MR) is 119 cm³/mol. The first kappa shape index (κ1) is 21.0. The Morgan fingerprint density at radius 3 is 2.71 bits per heavy atom. The van der Waals surface area contributed by atoms with Crippen LogP contribution in [0.5, 0.6) is 0 Å². The number of fused-ring (bicyclic) bond motifs is 1. The third kappa shape index (κ3) is 4.29. The minimum absolute atomic E-state index is 0.138. The lowest BCUT2D eigenvalue weighted by Crippen LogP contribution is -2.38. The fourth-order valence-electron chi connectivity index (χ4n) is 3.69. The van der Waals surface area contributed by atoms with E-state index < -0.39 is 12.0 Å². The molecule has 3 heterocycles. The molecule has 2 aliphatic heterocycles. The Kier molecular flexibility index (Phi) is 6.27. The molecule has 160 valence electrons. The molecule has 0 unspecified atom stereocenters. The van der Waals surface area contributed by atoms with Crippen molar-refractivity contribution in [1.82, 2.24) is 10.2 Å². The molecule has 0 saturated heterocycles. The number of allylic oxidation sites excluding steroid dienone is 1. The molecule has 0 bridgehead atoms. The first-order valence-corrected chi connectivity index (χ1v) is 10.9. The minimum Gasteiger partial charge on any atom is -0.467 e. The van der Waals surface area contributed by atoms with E-state index in [-0.39, 0.29) is 12.3 Å². The molecular formula is C23H23N3O4S. The molecular weight excluding hydrogens is 414 g/mol. The van der Waals surface area contributed by atoms with Crippen LogP contribution in [0.2, 0.25) is 0 Å². The summed E-state index contributed by atoms with van der Waals surface area (Å²) >= 11 is 1.46. The summed E-state index contributed by atoms with van der Waals surface area (Å²) < 4.78 is 10.4. The summed E-state index contributed by atoms with van der Waals surface area (Å²) in [5.41, 5.74) is 2.93. The number of carbonyl (C=O) groups excluding carboxylic acids is 2. The van der Waals surface area contributed by atoms with Crippen molar-refractivity contribution in [3.8, 4) is 0 Å².